The average Bonchev–Trinajstić information content (AvgIpc) is 2.96. The van der Waals surface area contributed by atoms with Gasteiger partial charge in [0.25, 0.3) is 0 Å². The number of unbranched alkanes of at least 4 members (excludes halogenated alkanes) is 3. The predicted octanol–water partition coefficient (Wildman–Crippen LogP) is 1.92. The lowest BCUT2D eigenvalue weighted by molar-refractivity contribution is -0.385. The van der Waals surface area contributed by atoms with Crippen LogP contribution in [-0.4, -0.2) is 57.1 Å². The standard InChI is InChI=1S/C22H32O7/c1-2-3-4-5-6-14-16-11-12-18-15(8-7-13(23)19(18)25)29-22(26)17(24)9-10-21(27-14,28-16)20(12)22/h12-14,16-17,20,23-24,26H,2-11H2,1H3/t12-,13+,14-,16-,17-,20+,21+,22+/m1/s1. The summed E-state index contributed by atoms with van der Waals surface area (Å²) >= 11 is 0. The molecule has 7 heteroatoms. The molecule has 1 spiro atoms. The lowest BCUT2D eigenvalue weighted by Gasteiger charge is -2.58. The number of rotatable bonds is 5. The number of hydrogen-bond acceptors (Lipinski definition) is 7. The molecule has 3 aliphatic heterocycles. The fraction of sp³-hybridized carbons (Fsp3) is 0.864. The molecular weight excluding hydrogens is 376 g/mol. The highest BCUT2D eigenvalue weighted by Gasteiger charge is 2.72. The van der Waals surface area contributed by atoms with Crippen molar-refractivity contribution in [1.29, 1.82) is 0 Å². The predicted molar refractivity (Wildman–Crippen MR) is 101 cm³/mol. The third-order valence-electron chi connectivity index (χ3n) is 7.68. The first-order valence-corrected chi connectivity index (χ1v) is 11.3. The summed E-state index contributed by atoms with van der Waals surface area (Å²) in [5, 5.41) is 32.3. The smallest absolute Gasteiger partial charge is 0.242 e. The molecule has 2 saturated heterocycles. The summed E-state index contributed by atoms with van der Waals surface area (Å²) in [5.41, 5.74) is 0.487. The molecular formula is C22H32O7. The van der Waals surface area contributed by atoms with Crippen LogP contribution in [0.25, 0.3) is 0 Å². The topological polar surface area (TPSA) is 105 Å². The van der Waals surface area contributed by atoms with Gasteiger partial charge < -0.3 is 29.5 Å². The van der Waals surface area contributed by atoms with Gasteiger partial charge >= 0.3 is 0 Å². The van der Waals surface area contributed by atoms with Gasteiger partial charge in [0.1, 0.15) is 18.0 Å². The molecule has 3 N–H and O–H groups in total. The van der Waals surface area contributed by atoms with Crippen LogP contribution in [0.5, 0.6) is 0 Å². The zero-order chi connectivity index (χ0) is 20.4. The number of fused-ring (bicyclic) bond motifs is 2. The second-order valence-corrected chi connectivity index (χ2v) is 9.46. The van der Waals surface area contributed by atoms with Gasteiger partial charge in [0, 0.05) is 24.3 Å². The van der Waals surface area contributed by atoms with Crippen molar-refractivity contribution >= 4 is 5.78 Å². The van der Waals surface area contributed by atoms with Gasteiger partial charge in [-0.3, -0.25) is 4.79 Å². The van der Waals surface area contributed by atoms with Crippen LogP contribution in [0.2, 0.25) is 0 Å². The lowest BCUT2D eigenvalue weighted by Crippen LogP contribution is -2.69. The van der Waals surface area contributed by atoms with E-state index in [4.69, 9.17) is 14.2 Å². The van der Waals surface area contributed by atoms with Gasteiger partial charge in [-0.15, -0.1) is 0 Å². The Labute approximate surface area is 171 Å². The van der Waals surface area contributed by atoms with Crippen LogP contribution in [-0.2, 0) is 19.0 Å². The van der Waals surface area contributed by atoms with Gasteiger partial charge in [0.2, 0.25) is 5.79 Å². The third-order valence-corrected chi connectivity index (χ3v) is 7.68. The first kappa shape index (κ1) is 19.9. The first-order valence-electron chi connectivity index (χ1n) is 11.3. The molecule has 2 aliphatic carbocycles. The van der Waals surface area contributed by atoms with Gasteiger partial charge in [0.15, 0.2) is 11.6 Å². The highest BCUT2D eigenvalue weighted by molar-refractivity contribution is 6.00. The number of ether oxygens (including phenoxy) is 3. The average molecular weight is 408 g/mol. The Hall–Kier alpha value is -0.990. The summed E-state index contributed by atoms with van der Waals surface area (Å²) in [5.74, 6) is -3.76. The van der Waals surface area contributed by atoms with E-state index in [1.54, 1.807) is 0 Å². The van der Waals surface area contributed by atoms with Crippen LogP contribution in [0.4, 0.5) is 0 Å². The maximum Gasteiger partial charge on any atom is 0.242 e. The van der Waals surface area contributed by atoms with Crippen LogP contribution < -0.4 is 0 Å². The van der Waals surface area contributed by atoms with Crippen molar-refractivity contribution in [2.75, 3.05) is 0 Å². The monoisotopic (exact) mass is 408 g/mol. The van der Waals surface area contributed by atoms with Gasteiger partial charge in [-0.25, -0.2) is 0 Å². The molecule has 8 atom stereocenters. The van der Waals surface area contributed by atoms with E-state index in [2.05, 4.69) is 6.92 Å². The number of aliphatic hydroxyl groups excluding tert-OH is 2. The minimum atomic E-state index is -1.83. The molecule has 0 aromatic carbocycles. The van der Waals surface area contributed by atoms with E-state index in [1.807, 2.05) is 0 Å². The lowest BCUT2D eigenvalue weighted by atomic mass is 9.62. The quantitative estimate of drug-likeness (QED) is 0.597. The van der Waals surface area contributed by atoms with E-state index < -0.39 is 29.7 Å². The number of hydrogen-bond donors (Lipinski definition) is 3. The van der Waals surface area contributed by atoms with Crippen LogP contribution in [0.3, 0.4) is 0 Å². The molecule has 5 aliphatic rings. The fourth-order valence-corrected chi connectivity index (χ4v) is 6.34. The zero-order valence-corrected chi connectivity index (χ0v) is 17.0. The van der Waals surface area contributed by atoms with Crippen molar-refractivity contribution in [1.82, 2.24) is 0 Å². The number of carbonyl (C=O) groups is 1. The summed E-state index contributed by atoms with van der Waals surface area (Å²) in [6.45, 7) is 2.18. The fourth-order valence-electron chi connectivity index (χ4n) is 6.34. The van der Waals surface area contributed by atoms with E-state index in [0.29, 0.717) is 37.0 Å². The highest BCUT2D eigenvalue weighted by atomic mass is 16.8. The van der Waals surface area contributed by atoms with Gasteiger partial charge in [-0.2, -0.15) is 0 Å². The SMILES string of the molecule is CCCCCC[C@H]1O[C@@]23CC[C@@H](O)[C@]4(O)OC5=C(C(=O)[C@@H](O)CC5)[C@@H](C[C@H]1O2)[C@@H]34. The molecule has 3 heterocycles. The number of carbonyl (C=O) groups excluding carboxylic acids is 1. The largest absolute Gasteiger partial charge is 0.463 e. The third kappa shape index (κ3) is 2.85. The molecule has 162 valence electrons. The number of ketones is 1. The summed E-state index contributed by atoms with van der Waals surface area (Å²) in [4.78, 5) is 12.9. The maximum atomic E-state index is 12.9. The molecule has 0 aromatic rings. The number of aliphatic hydroxyl groups is 3. The molecule has 0 radical (unpaired) electrons. The molecule has 0 amide bonds. The van der Waals surface area contributed by atoms with E-state index in [1.165, 1.54) is 12.8 Å². The Balaban J connectivity index is 1.50. The molecule has 1 saturated carbocycles. The minimum absolute atomic E-state index is 0.0791. The van der Waals surface area contributed by atoms with Crippen molar-refractivity contribution < 1.29 is 34.3 Å². The molecule has 2 bridgehead atoms. The Morgan fingerprint density at radius 3 is 2.76 bits per heavy atom. The highest BCUT2D eigenvalue weighted by Crippen LogP contribution is 2.62. The molecule has 7 nitrogen and oxygen atoms in total. The molecule has 0 unspecified atom stereocenters. The van der Waals surface area contributed by atoms with Crippen LogP contribution in [0.15, 0.2) is 11.3 Å². The normalized spacial score (nSPS) is 48.2. The Morgan fingerprint density at radius 2 is 1.97 bits per heavy atom. The van der Waals surface area contributed by atoms with Crippen LogP contribution in [0.1, 0.15) is 71.1 Å². The number of Topliss-reactive ketones (excluding diaryl/α,β-unsaturated/α-hetero) is 1. The van der Waals surface area contributed by atoms with Crippen molar-refractivity contribution in [2.24, 2.45) is 11.8 Å². The summed E-state index contributed by atoms with van der Waals surface area (Å²) < 4.78 is 18.8. The zero-order valence-electron chi connectivity index (χ0n) is 17.0. The minimum Gasteiger partial charge on any atom is -0.463 e. The van der Waals surface area contributed by atoms with Crippen molar-refractivity contribution in [3.63, 3.8) is 0 Å². The van der Waals surface area contributed by atoms with E-state index >= 15 is 0 Å². The summed E-state index contributed by atoms with van der Waals surface area (Å²) in [7, 11) is 0. The van der Waals surface area contributed by atoms with E-state index in [9.17, 15) is 20.1 Å². The van der Waals surface area contributed by atoms with Gasteiger partial charge in [0.05, 0.1) is 18.1 Å². The summed E-state index contributed by atoms with van der Waals surface area (Å²) in [6, 6.07) is 0. The second-order valence-electron chi connectivity index (χ2n) is 9.46. The molecule has 0 aromatic heterocycles. The van der Waals surface area contributed by atoms with Crippen molar-refractivity contribution in [3.05, 3.63) is 11.3 Å². The van der Waals surface area contributed by atoms with Gasteiger partial charge in [-0.05, 0) is 25.7 Å². The summed E-state index contributed by atoms with van der Waals surface area (Å²) in [6.07, 6.45) is 5.12. The second kappa shape index (κ2) is 7.02. The Morgan fingerprint density at radius 1 is 1.14 bits per heavy atom. The van der Waals surface area contributed by atoms with Crippen molar-refractivity contribution in [3.8, 4) is 0 Å². The molecule has 5 rings (SSSR count). The van der Waals surface area contributed by atoms with Gasteiger partial charge in [-0.1, -0.05) is 32.6 Å². The van der Waals surface area contributed by atoms with Crippen LogP contribution >= 0.6 is 0 Å². The van der Waals surface area contributed by atoms with E-state index in [-0.39, 0.29) is 30.3 Å². The number of allylic oxidation sites excluding steroid dienone is 1. The molecule has 3 fully saturated rings. The van der Waals surface area contributed by atoms with E-state index in [0.717, 1.165) is 19.3 Å². The molecule has 29 heavy (non-hydrogen) atoms. The Kier molecular flexibility index (Phi) is 4.83. The van der Waals surface area contributed by atoms with Crippen LogP contribution in [0, 0.1) is 11.8 Å². The Bertz CT molecular complexity index is 720. The maximum absolute atomic E-state index is 12.9. The van der Waals surface area contributed by atoms with Crippen molar-refractivity contribution in [2.45, 2.75) is 107 Å². The first-order chi connectivity index (χ1) is 13.9.